The first-order valence-electron chi connectivity index (χ1n) is 22.9. The van der Waals surface area contributed by atoms with E-state index in [1.165, 1.54) is 60.9 Å². The molecule has 3 aromatic heterocycles. The number of furan rings is 1. The van der Waals surface area contributed by atoms with Crippen LogP contribution in [0, 0.1) is 5.92 Å². The van der Waals surface area contributed by atoms with Gasteiger partial charge in [0, 0.05) is 27.6 Å². The van der Waals surface area contributed by atoms with Crippen LogP contribution in [0.3, 0.4) is 0 Å². The number of hydrogen-bond acceptors (Lipinski definition) is 1. The number of fused-ring (bicyclic) bond motifs is 16. The van der Waals surface area contributed by atoms with Gasteiger partial charge in [0.2, 0.25) is 5.69 Å². The first kappa shape index (κ1) is 39.8. The van der Waals surface area contributed by atoms with Crippen LogP contribution < -0.4 is 14.3 Å². The molecular formula is C58H59N3OSi+2. The summed E-state index contributed by atoms with van der Waals surface area (Å²) in [5.41, 5.74) is 17.3. The maximum absolute atomic E-state index is 7.19. The van der Waals surface area contributed by atoms with Gasteiger partial charge in [0.25, 0.3) is 0 Å². The predicted octanol–water partition coefficient (Wildman–Crippen LogP) is 13.4. The lowest BCUT2D eigenvalue weighted by Gasteiger charge is -2.25. The highest BCUT2D eigenvalue weighted by molar-refractivity contribution is 6.89. The molecule has 0 saturated heterocycles. The molecule has 11 rings (SSSR count). The van der Waals surface area contributed by atoms with Crippen molar-refractivity contribution in [1.82, 2.24) is 4.57 Å². The topological polar surface area (TPSA) is 25.8 Å². The molecule has 5 heteroatoms. The Hall–Kier alpha value is -6.04. The van der Waals surface area contributed by atoms with Crippen molar-refractivity contribution in [3.05, 3.63) is 167 Å². The van der Waals surface area contributed by atoms with E-state index in [2.05, 4.69) is 228 Å². The maximum Gasteiger partial charge on any atom is 0.364 e. The van der Waals surface area contributed by atoms with Gasteiger partial charge in [0.15, 0.2) is 22.8 Å². The van der Waals surface area contributed by atoms with Crippen molar-refractivity contribution < 1.29 is 13.6 Å². The highest BCUT2D eigenvalue weighted by Gasteiger charge is 2.67. The van der Waals surface area contributed by atoms with E-state index in [0.717, 1.165) is 51.0 Å². The zero-order valence-corrected chi connectivity index (χ0v) is 39.8. The Labute approximate surface area is 373 Å². The summed E-state index contributed by atoms with van der Waals surface area (Å²) in [4.78, 5) is 0. The maximum atomic E-state index is 7.19. The molecule has 2 aliphatic heterocycles. The summed E-state index contributed by atoms with van der Waals surface area (Å²) in [6, 6.07) is 50.5. The smallest absolute Gasteiger partial charge is 0.364 e. The third-order valence-electron chi connectivity index (χ3n) is 13.9. The Morgan fingerprint density at radius 3 is 2.08 bits per heavy atom. The van der Waals surface area contributed by atoms with Gasteiger partial charge >= 0.3 is 11.5 Å². The first-order chi connectivity index (χ1) is 30.0. The fourth-order valence-electron chi connectivity index (χ4n) is 10.9. The van der Waals surface area contributed by atoms with Gasteiger partial charge in [-0.15, -0.1) is 9.13 Å². The van der Waals surface area contributed by atoms with E-state index in [-0.39, 0.29) is 10.8 Å². The van der Waals surface area contributed by atoms with Crippen molar-refractivity contribution in [3.8, 4) is 39.5 Å². The lowest BCUT2D eigenvalue weighted by molar-refractivity contribution is -0.944. The van der Waals surface area contributed by atoms with Crippen LogP contribution in [0.4, 0.5) is 0 Å². The average Bonchev–Trinajstić information content (AvgIpc) is 3.95. The van der Waals surface area contributed by atoms with Crippen molar-refractivity contribution in [3.63, 3.8) is 0 Å². The molecule has 0 aliphatic carbocycles. The van der Waals surface area contributed by atoms with Crippen LogP contribution in [0.25, 0.3) is 72.4 Å². The van der Waals surface area contributed by atoms with E-state index in [9.17, 15) is 0 Å². The van der Waals surface area contributed by atoms with E-state index in [1.807, 2.05) is 0 Å². The summed E-state index contributed by atoms with van der Waals surface area (Å²) in [6.45, 7) is 26.2. The van der Waals surface area contributed by atoms with Crippen LogP contribution in [0.1, 0.15) is 83.2 Å². The molecule has 6 aromatic carbocycles. The van der Waals surface area contributed by atoms with Gasteiger partial charge in [-0.2, -0.15) is 4.57 Å². The second-order valence-corrected chi connectivity index (χ2v) is 26.8. The van der Waals surface area contributed by atoms with Crippen molar-refractivity contribution >= 4 is 46.2 Å². The van der Waals surface area contributed by atoms with Gasteiger partial charge in [-0.1, -0.05) is 148 Å². The van der Waals surface area contributed by atoms with Crippen molar-refractivity contribution in [2.75, 3.05) is 0 Å². The number of benzene rings is 6. The molecule has 5 heterocycles. The number of rotatable bonds is 5. The molecule has 0 saturated carbocycles. The summed E-state index contributed by atoms with van der Waals surface area (Å²) in [7, 11) is -1.87. The number of hydrogen-bond donors (Lipinski definition) is 0. The van der Waals surface area contributed by atoms with E-state index >= 15 is 0 Å². The molecule has 9 aromatic rings. The summed E-state index contributed by atoms with van der Waals surface area (Å²) in [6.07, 6.45) is 3.65. The predicted molar refractivity (Wildman–Crippen MR) is 264 cm³/mol. The summed E-state index contributed by atoms with van der Waals surface area (Å²) in [5, 5.41) is 3.80. The zero-order valence-electron chi connectivity index (χ0n) is 38.8. The molecule has 0 bridgehead atoms. The van der Waals surface area contributed by atoms with Crippen molar-refractivity contribution in [2.24, 2.45) is 5.92 Å². The van der Waals surface area contributed by atoms with Crippen LogP contribution in [0.5, 0.6) is 0 Å². The Balaban J connectivity index is 1.38. The van der Waals surface area contributed by atoms with Gasteiger partial charge in [0.05, 0.1) is 24.8 Å². The molecular weight excluding hydrogens is 783 g/mol. The molecule has 63 heavy (non-hydrogen) atoms. The molecule has 1 atom stereocenters. The SMILES string of the molecule is CC(C)Cc1cc2[n+](cc1[Si](C)(C)C)C1(c3cc(C(C)(C)C)ccc3-2)c2ccc3c(oc4ccccc43)c2-c2n(-c3ccc(C(C)(C)C)cc3-c3ccccc3)c3ccccc3[n+]21. The quantitative estimate of drug-likeness (QED) is 0.125. The molecule has 0 amide bonds. The number of para-hydroxylation sites is 3. The average molecular weight is 842 g/mol. The van der Waals surface area contributed by atoms with Gasteiger partial charge in [-0.05, 0) is 100 Å². The van der Waals surface area contributed by atoms with Gasteiger partial charge in [0.1, 0.15) is 16.8 Å². The monoisotopic (exact) mass is 841 g/mol. The van der Waals surface area contributed by atoms with Gasteiger partial charge in [-0.25, -0.2) is 0 Å². The van der Waals surface area contributed by atoms with E-state index < -0.39 is 13.7 Å². The molecule has 314 valence electrons. The van der Waals surface area contributed by atoms with E-state index in [4.69, 9.17) is 4.42 Å². The molecule has 1 spiro atoms. The number of aromatic nitrogens is 3. The highest BCUT2D eigenvalue weighted by atomic mass is 28.3. The third-order valence-corrected chi connectivity index (χ3v) is 16.0. The van der Waals surface area contributed by atoms with Crippen molar-refractivity contribution in [2.45, 2.75) is 97.9 Å². The highest BCUT2D eigenvalue weighted by Crippen LogP contribution is 2.53. The van der Waals surface area contributed by atoms with Crippen LogP contribution >= 0.6 is 0 Å². The fourth-order valence-corrected chi connectivity index (χ4v) is 12.6. The Bertz CT molecular complexity index is 3350. The largest absolute Gasteiger partial charge is 0.455 e. The Morgan fingerprint density at radius 1 is 0.667 bits per heavy atom. The summed E-state index contributed by atoms with van der Waals surface area (Å²) < 4.78 is 15.2. The van der Waals surface area contributed by atoms with Gasteiger partial charge in [-0.3, -0.25) is 0 Å². The molecule has 0 fully saturated rings. The van der Waals surface area contributed by atoms with Crippen LogP contribution in [-0.2, 0) is 22.9 Å². The van der Waals surface area contributed by atoms with Crippen LogP contribution in [0.15, 0.2) is 144 Å². The van der Waals surface area contributed by atoms with E-state index in [1.54, 1.807) is 0 Å². The number of nitrogens with zero attached hydrogens (tertiary/aromatic N) is 3. The standard InChI is InChI=1S/C58H59N3OSi/c1-36(2)31-38-32-50-43-27-25-40(57(6,7)8)34-46(43)58(59(50)35-52(38)63(9,10)11)45-29-28-42-41-21-15-18-24-51(41)62-54(42)53(45)55-60(48-22-16-17-23-49(48)61(55)58)47-30-26-39(56(3,4)5)33-44(47)37-19-13-12-14-20-37/h12-30,32-36H,31H2,1-11H3/q+2. The first-order valence-corrected chi connectivity index (χ1v) is 26.4. The third kappa shape index (κ3) is 5.71. The molecule has 2 aliphatic rings. The van der Waals surface area contributed by atoms with Crippen LogP contribution in [0.2, 0.25) is 19.6 Å². The number of imidazole rings is 1. The lowest BCUT2D eigenvalue weighted by Crippen LogP contribution is -2.72. The minimum absolute atomic E-state index is 0.0320. The number of pyridine rings is 1. The van der Waals surface area contributed by atoms with Crippen molar-refractivity contribution in [1.29, 1.82) is 0 Å². The summed E-state index contributed by atoms with van der Waals surface area (Å²) in [5.74, 6) is 1.67. The lowest BCUT2D eigenvalue weighted by atomic mass is 9.82. The Morgan fingerprint density at radius 2 is 1.35 bits per heavy atom. The van der Waals surface area contributed by atoms with E-state index in [0.29, 0.717) is 5.92 Å². The minimum atomic E-state index is -1.87. The molecule has 1 unspecified atom stereocenters. The van der Waals surface area contributed by atoms with Crippen LogP contribution in [-0.4, -0.2) is 12.6 Å². The summed E-state index contributed by atoms with van der Waals surface area (Å²) >= 11 is 0. The minimum Gasteiger partial charge on any atom is -0.455 e. The normalized spacial score (nSPS) is 15.8. The molecule has 0 N–H and O–H groups in total. The molecule has 4 nitrogen and oxygen atoms in total. The second-order valence-electron chi connectivity index (χ2n) is 21.8. The zero-order chi connectivity index (χ0) is 44.0. The van der Waals surface area contributed by atoms with Gasteiger partial charge < -0.3 is 4.42 Å². The Kier molecular flexibility index (Phi) is 8.51. The second kappa shape index (κ2) is 13.5. The molecule has 0 radical (unpaired) electrons. The fraction of sp³-hybridized carbons (Fsp3) is 0.276.